The molecule has 2 unspecified atom stereocenters. The van der Waals surface area contributed by atoms with Crippen LogP contribution >= 0.6 is 11.3 Å². The van der Waals surface area contributed by atoms with E-state index in [4.69, 9.17) is 14.5 Å². The first-order valence-corrected chi connectivity index (χ1v) is 15.2. The van der Waals surface area contributed by atoms with Crippen molar-refractivity contribution in [2.75, 3.05) is 30.5 Å². The molecule has 7 rings (SSSR count). The van der Waals surface area contributed by atoms with Crippen LogP contribution in [0.4, 0.5) is 32.8 Å². The van der Waals surface area contributed by atoms with E-state index in [0.717, 1.165) is 18.6 Å². The number of rotatable bonds is 6. The van der Waals surface area contributed by atoms with Crippen molar-refractivity contribution >= 4 is 44.2 Å². The summed E-state index contributed by atoms with van der Waals surface area (Å²) in [5.41, 5.74) is 0.142. The zero-order valence-electron chi connectivity index (χ0n) is 23.7. The van der Waals surface area contributed by atoms with Crippen molar-refractivity contribution in [2.24, 2.45) is 5.92 Å². The molecule has 1 saturated carbocycles. The number of halogens is 5. The molecule has 16 heteroatoms. The number of methoxy groups -OCH3 is 1. The minimum Gasteiger partial charge on any atom is -0.496 e. The van der Waals surface area contributed by atoms with Crippen LogP contribution < -0.4 is 29.7 Å². The first-order chi connectivity index (χ1) is 21.4. The highest BCUT2D eigenvalue weighted by Crippen LogP contribution is 2.46. The van der Waals surface area contributed by atoms with E-state index < -0.39 is 47.7 Å². The predicted molar refractivity (Wildman–Crippen MR) is 152 cm³/mol. The van der Waals surface area contributed by atoms with Gasteiger partial charge in [0.05, 0.1) is 59.8 Å². The lowest BCUT2D eigenvalue weighted by Crippen LogP contribution is -2.64. The molecule has 0 spiro atoms. The molecule has 0 radical (unpaired) electrons. The van der Waals surface area contributed by atoms with Gasteiger partial charge in [-0.25, -0.2) is 4.98 Å². The second-order valence-electron chi connectivity index (χ2n) is 11.5. The molecule has 3 aromatic rings. The number of carbonyl (C=O) groups is 2. The highest BCUT2D eigenvalue weighted by atomic mass is 32.1. The molecular weight excluding hydrogens is 627 g/mol. The van der Waals surface area contributed by atoms with E-state index in [1.165, 1.54) is 18.4 Å². The molecule has 4 heterocycles. The van der Waals surface area contributed by atoms with Crippen molar-refractivity contribution < 1.29 is 50.5 Å². The maximum absolute atomic E-state index is 13.9. The lowest BCUT2D eigenvalue weighted by molar-refractivity contribution is -0.286. The Balaban J connectivity index is 1.21. The average Bonchev–Trinajstić information content (AvgIpc) is 3.54. The number of nitrogens with one attached hydrogen (secondary N) is 2. The molecule has 2 bridgehead atoms. The number of aromatic nitrogens is 1. The molecule has 3 aliphatic heterocycles. The van der Waals surface area contributed by atoms with Crippen molar-refractivity contribution in [2.45, 2.75) is 62.7 Å². The van der Waals surface area contributed by atoms with E-state index in [1.54, 1.807) is 12.1 Å². The highest BCUT2D eigenvalue weighted by Gasteiger charge is 2.46. The fourth-order valence-electron chi connectivity index (χ4n) is 6.46. The van der Waals surface area contributed by atoms with E-state index in [1.807, 2.05) is 0 Å². The van der Waals surface area contributed by atoms with Gasteiger partial charge >= 0.3 is 12.5 Å². The summed E-state index contributed by atoms with van der Waals surface area (Å²) in [5.74, 6) is -3.85. The van der Waals surface area contributed by atoms with Crippen LogP contribution in [0, 0.1) is 5.92 Å². The van der Waals surface area contributed by atoms with Crippen LogP contribution in [-0.4, -0.2) is 67.7 Å². The Labute approximate surface area is 256 Å². The lowest BCUT2D eigenvalue weighted by Gasteiger charge is -2.52. The number of carbonyl (C=O) groups excluding carboxylic acids is 2. The van der Waals surface area contributed by atoms with Gasteiger partial charge in [0.1, 0.15) is 11.3 Å². The van der Waals surface area contributed by atoms with Crippen molar-refractivity contribution in [3.05, 3.63) is 35.4 Å². The molecule has 240 valence electrons. The Morgan fingerprint density at radius 2 is 1.80 bits per heavy atom. The third-order valence-corrected chi connectivity index (χ3v) is 9.74. The number of thiazole rings is 1. The summed E-state index contributed by atoms with van der Waals surface area (Å²) >= 11 is 1.29. The molecule has 3 fully saturated rings. The van der Waals surface area contributed by atoms with Crippen molar-refractivity contribution in [1.29, 1.82) is 0 Å². The fourth-order valence-corrected chi connectivity index (χ4v) is 7.71. The van der Waals surface area contributed by atoms with Gasteiger partial charge in [-0.3, -0.25) is 9.59 Å². The molecule has 4 atom stereocenters. The molecule has 45 heavy (non-hydrogen) atoms. The third-order valence-electron chi connectivity index (χ3n) is 8.63. The number of amides is 2. The molecule has 1 aromatic heterocycles. The SMILES string of the molecule is COc1ccc2nc(N3C4COCC3C4)sc2c1C(=O)Nc1cc2c(cc1C(=O)N[C@H]1CCC[C@@H](C(F)(F)F)C1)OC(F)(F)O2. The van der Waals surface area contributed by atoms with Crippen LogP contribution in [0.25, 0.3) is 10.2 Å². The minimum atomic E-state index is -4.41. The number of alkyl halides is 5. The van der Waals surface area contributed by atoms with Crippen LogP contribution in [0.15, 0.2) is 24.3 Å². The summed E-state index contributed by atoms with van der Waals surface area (Å²) < 4.78 is 88.7. The Bertz CT molecular complexity index is 1670. The van der Waals surface area contributed by atoms with Gasteiger partial charge in [-0.1, -0.05) is 17.8 Å². The molecule has 10 nitrogen and oxygen atoms in total. The highest BCUT2D eigenvalue weighted by molar-refractivity contribution is 7.22. The number of fused-ring (bicyclic) bond motifs is 4. The molecule has 2 saturated heterocycles. The monoisotopic (exact) mass is 654 g/mol. The van der Waals surface area contributed by atoms with Crippen molar-refractivity contribution in [3.8, 4) is 17.2 Å². The molecule has 4 aliphatic rings. The van der Waals surface area contributed by atoms with Gasteiger partial charge < -0.3 is 34.5 Å². The van der Waals surface area contributed by atoms with Gasteiger partial charge in [-0.05, 0) is 43.9 Å². The van der Waals surface area contributed by atoms with Gasteiger partial charge in [-0.2, -0.15) is 13.2 Å². The van der Waals surface area contributed by atoms with Gasteiger partial charge in [-0.15, -0.1) is 8.78 Å². The normalized spacial score (nSPS) is 25.1. The van der Waals surface area contributed by atoms with E-state index >= 15 is 0 Å². The first kappa shape index (κ1) is 29.8. The molecule has 1 aliphatic carbocycles. The van der Waals surface area contributed by atoms with E-state index in [0.29, 0.717) is 35.0 Å². The molecular formula is C29H27F5N4O6S. The van der Waals surface area contributed by atoms with Crippen LogP contribution in [0.5, 0.6) is 17.2 Å². The largest absolute Gasteiger partial charge is 0.586 e. The zero-order chi connectivity index (χ0) is 31.7. The van der Waals surface area contributed by atoms with E-state index in [2.05, 4.69) is 25.0 Å². The van der Waals surface area contributed by atoms with E-state index in [-0.39, 0.29) is 53.9 Å². The number of ether oxygens (including phenoxy) is 4. The summed E-state index contributed by atoms with van der Waals surface area (Å²) in [6, 6.07) is 4.85. The molecule has 2 N–H and O–H groups in total. The summed E-state index contributed by atoms with van der Waals surface area (Å²) in [4.78, 5) is 34.2. The van der Waals surface area contributed by atoms with E-state index in [9.17, 15) is 31.5 Å². The lowest BCUT2D eigenvalue weighted by atomic mass is 9.85. The Morgan fingerprint density at radius 3 is 2.49 bits per heavy atom. The van der Waals surface area contributed by atoms with Gasteiger partial charge in [0.15, 0.2) is 16.6 Å². The molecule has 2 aromatic carbocycles. The first-order valence-electron chi connectivity index (χ1n) is 14.4. The Kier molecular flexibility index (Phi) is 7.18. The van der Waals surface area contributed by atoms with Gasteiger partial charge in [0.2, 0.25) is 0 Å². The maximum Gasteiger partial charge on any atom is 0.586 e. The number of nitrogens with zero attached hydrogens (tertiary/aromatic N) is 2. The number of hydrogen-bond acceptors (Lipinski definition) is 9. The Hall–Kier alpha value is -3.92. The standard InChI is InChI=1S/C29H27F5N4O6S/c1-41-20-6-5-18-24(45-27(37-18)38-15-8-16(38)12-42-11-15)23(20)26(40)36-19-10-22-21(43-29(33,34)44-22)9-17(19)25(39)35-14-4-2-3-13(7-14)28(30,31)32/h5-6,9-10,13-16H,2-4,7-8,11-12H2,1H3,(H,35,39)(H,36,40)/t13-,14+,15?,16?/m1/s1. The Morgan fingerprint density at radius 1 is 1.07 bits per heavy atom. The van der Waals surface area contributed by atoms with Gasteiger partial charge in [0.25, 0.3) is 11.8 Å². The van der Waals surface area contributed by atoms with Crippen LogP contribution in [-0.2, 0) is 4.74 Å². The second kappa shape index (κ2) is 10.9. The maximum atomic E-state index is 13.9. The topological polar surface area (TPSA) is 111 Å². The summed E-state index contributed by atoms with van der Waals surface area (Å²) in [6.07, 6.45) is -7.26. The third kappa shape index (κ3) is 5.47. The van der Waals surface area contributed by atoms with Crippen LogP contribution in [0.3, 0.4) is 0 Å². The number of morpholine rings is 1. The zero-order valence-corrected chi connectivity index (χ0v) is 24.5. The van der Waals surface area contributed by atoms with Crippen LogP contribution in [0.1, 0.15) is 52.8 Å². The number of hydrogen-bond donors (Lipinski definition) is 2. The minimum absolute atomic E-state index is 0.0458. The summed E-state index contributed by atoms with van der Waals surface area (Å²) in [7, 11) is 1.39. The van der Waals surface area contributed by atoms with Crippen LogP contribution in [0.2, 0.25) is 0 Å². The fraction of sp³-hybridized carbons (Fsp3) is 0.483. The smallest absolute Gasteiger partial charge is 0.496 e. The molecule has 2 amide bonds. The quantitative estimate of drug-likeness (QED) is 0.326. The van der Waals surface area contributed by atoms with Crippen molar-refractivity contribution in [3.63, 3.8) is 0 Å². The number of anilines is 2. The predicted octanol–water partition coefficient (Wildman–Crippen LogP) is 5.71. The average molecular weight is 655 g/mol. The van der Waals surface area contributed by atoms with Gasteiger partial charge in [0, 0.05) is 12.1 Å². The second-order valence-corrected chi connectivity index (χ2v) is 12.5. The summed E-state index contributed by atoms with van der Waals surface area (Å²) in [5, 5.41) is 5.91. The number of benzene rings is 2. The van der Waals surface area contributed by atoms with Crippen molar-refractivity contribution in [1.82, 2.24) is 10.3 Å². The summed E-state index contributed by atoms with van der Waals surface area (Å²) in [6.45, 7) is 1.16.